The fourth-order valence-corrected chi connectivity index (χ4v) is 9.18. The van der Waals surface area contributed by atoms with Gasteiger partial charge < -0.3 is 50.5 Å². The number of amides is 1. The first-order chi connectivity index (χ1) is 33.7. The Kier molecular flexibility index (Phi) is 44.8. The second-order valence-electron chi connectivity index (χ2n) is 20.4. The fourth-order valence-electron chi connectivity index (χ4n) is 9.18. The predicted molar refractivity (Wildman–Crippen MR) is 284 cm³/mol. The van der Waals surface area contributed by atoms with E-state index in [1.54, 1.807) is 0 Å². The molecule has 69 heavy (non-hydrogen) atoms. The molecule has 9 atom stereocenters. The number of hydrogen-bond donors (Lipinski definition) is 8. The molecule has 1 heterocycles. The highest BCUT2D eigenvalue weighted by Crippen LogP contribution is 2.23. The van der Waals surface area contributed by atoms with Gasteiger partial charge in [0, 0.05) is 0 Å². The number of unbranched alkanes of at least 4 members (excludes halogenated alkanes) is 31. The van der Waals surface area contributed by atoms with Gasteiger partial charge in [0.05, 0.1) is 25.4 Å². The van der Waals surface area contributed by atoms with Crippen LogP contribution in [0.15, 0.2) is 36.5 Å². The van der Waals surface area contributed by atoms with Crippen molar-refractivity contribution in [3.05, 3.63) is 36.5 Å². The van der Waals surface area contributed by atoms with Gasteiger partial charge in [-0.25, -0.2) is 0 Å². The zero-order chi connectivity index (χ0) is 50.4. The number of hydrogen-bond acceptors (Lipinski definition) is 10. The first kappa shape index (κ1) is 65.3. The van der Waals surface area contributed by atoms with Gasteiger partial charge in [-0.1, -0.05) is 224 Å². The molecule has 0 aromatic heterocycles. The largest absolute Gasteiger partial charge is 0.394 e. The Morgan fingerprint density at radius 1 is 0.507 bits per heavy atom. The number of aliphatic hydroxyl groups is 7. The Bertz CT molecular complexity index is 1210. The van der Waals surface area contributed by atoms with Gasteiger partial charge in [0.1, 0.15) is 36.6 Å². The van der Waals surface area contributed by atoms with Crippen molar-refractivity contribution in [2.75, 3.05) is 13.2 Å². The van der Waals surface area contributed by atoms with Crippen molar-refractivity contribution in [3.8, 4) is 0 Å². The van der Waals surface area contributed by atoms with Crippen LogP contribution in [0.2, 0.25) is 0 Å². The topological polar surface area (TPSA) is 189 Å². The number of ether oxygens (including phenoxy) is 2. The molecule has 1 amide bonds. The molecule has 0 spiro atoms. The molecule has 0 aliphatic carbocycles. The molecule has 0 bridgehead atoms. The van der Waals surface area contributed by atoms with E-state index in [-0.39, 0.29) is 12.8 Å². The third-order valence-electron chi connectivity index (χ3n) is 13.9. The van der Waals surface area contributed by atoms with Crippen LogP contribution < -0.4 is 5.32 Å². The van der Waals surface area contributed by atoms with Gasteiger partial charge in [0.2, 0.25) is 5.91 Å². The maximum Gasteiger partial charge on any atom is 0.249 e. The molecule has 1 aliphatic heterocycles. The van der Waals surface area contributed by atoms with Crippen LogP contribution in [-0.4, -0.2) is 110 Å². The van der Waals surface area contributed by atoms with Gasteiger partial charge in [-0.05, 0) is 70.6 Å². The van der Waals surface area contributed by atoms with Crippen molar-refractivity contribution in [3.63, 3.8) is 0 Å². The minimum atomic E-state index is -1.67. The van der Waals surface area contributed by atoms with Gasteiger partial charge >= 0.3 is 0 Å². The van der Waals surface area contributed by atoms with Crippen LogP contribution in [0.5, 0.6) is 0 Å². The molecule has 1 aliphatic rings. The fraction of sp³-hybridized carbons (Fsp3) is 0.879. The molecule has 1 fully saturated rings. The van der Waals surface area contributed by atoms with Crippen LogP contribution in [0, 0.1) is 0 Å². The number of allylic oxidation sites excluding steroid dienone is 6. The Balaban J connectivity index is 2.31. The lowest BCUT2D eigenvalue weighted by Crippen LogP contribution is -2.60. The van der Waals surface area contributed by atoms with Gasteiger partial charge in [0.15, 0.2) is 6.29 Å². The molecule has 0 radical (unpaired) electrons. The van der Waals surface area contributed by atoms with E-state index in [1.807, 2.05) is 0 Å². The van der Waals surface area contributed by atoms with Crippen LogP contribution >= 0.6 is 0 Å². The lowest BCUT2D eigenvalue weighted by molar-refractivity contribution is -0.303. The maximum atomic E-state index is 13.2. The van der Waals surface area contributed by atoms with Crippen LogP contribution in [-0.2, 0) is 14.3 Å². The predicted octanol–water partition coefficient (Wildman–Crippen LogP) is 11.9. The van der Waals surface area contributed by atoms with Gasteiger partial charge in [-0.2, -0.15) is 0 Å². The molecule has 1 saturated heterocycles. The standard InChI is InChI=1S/C58H109NO10/c1-3-5-7-9-11-13-15-17-19-21-22-23-24-25-26-27-28-29-30-32-34-36-38-40-42-44-46-51(62)57(67)59-49(48-68-58-56(66)55(65)54(64)52(47-60)69-58)53(63)50(61)45-43-41-39-37-35-33-31-20-18-16-14-12-10-8-6-4-2/h22-23,25-26,37,39,49-56,58,60-66H,3-21,24,27-36,38,40-48H2,1-2H3,(H,59,67)/b23-22-,26-25-,39-37+. The molecule has 9 unspecified atom stereocenters. The number of carbonyl (C=O) groups is 1. The summed E-state index contributed by atoms with van der Waals surface area (Å²) in [7, 11) is 0. The molecule has 0 saturated carbocycles. The first-order valence-corrected chi connectivity index (χ1v) is 28.9. The minimum Gasteiger partial charge on any atom is -0.394 e. The third kappa shape index (κ3) is 36.0. The van der Waals surface area contributed by atoms with Gasteiger partial charge in [0.25, 0.3) is 0 Å². The SMILES string of the molecule is CCCCCCCCCCC/C=C\C/C=C\CCCCCCCCCCCCC(O)C(=O)NC(COC1OC(CO)C(O)C(O)C1O)C(O)C(O)CCC/C=C/CCCCCCCCCCCCC. The van der Waals surface area contributed by atoms with Crippen molar-refractivity contribution in [2.24, 2.45) is 0 Å². The Hall–Kier alpha value is -1.67. The number of rotatable bonds is 49. The van der Waals surface area contributed by atoms with E-state index in [9.17, 15) is 40.5 Å². The van der Waals surface area contributed by atoms with E-state index in [2.05, 4.69) is 55.6 Å². The maximum absolute atomic E-state index is 13.2. The first-order valence-electron chi connectivity index (χ1n) is 28.9. The molecule has 1 rings (SSSR count). The number of carbonyl (C=O) groups excluding carboxylic acids is 1. The summed E-state index contributed by atoms with van der Waals surface area (Å²) in [4.78, 5) is 13.2. The Morgan fingerprint density at radius 3 is 1.33 bits per heavy atom. The Morgan fingerprint density at radius 2 is 0.899 bits per heavy atom. The van der Waals surface area contributed by atoms with Crippen molar-refractivity contribution >= 4 is 5.91 Å². The minimum absolute atomic E-state index is 0.250. The summed E-state index contributed by atoms with van der Waals surface area (Å²) in [6, 6.07) is -1.19. The van der Waals surface area contributed by atoms with E-state index in [0.717, 1.165) is 51.4 Å². The van der Waals surface area contributed by atoms with E-state index < -0.39 is 74.2 Å². The zero-order valence-corrected chi connectivity index (χ0v) is 44.3. The monoisotopic (exact) mass is 980 g/mol. The molecule has 8 N–H and O–H groups in total. The second kappa shape index (κ2) is 47.3. The Labute approximate surface area is 422 Å². The highest BCUT2D eigenvalue weighted by atomic mass is 16.7. The molecular formula is C58H109NO10. The van der Waals surface area contributed by atoms with Crippen LogP contribution in [0.4, 0.5) is 0 Å². The second-order valence-corrected chi connectivity index (χ2v) is 20.4. The van der Waals surface area contributed by atoms with Crippen molar-refractivity contribution in [2.45, 2.75) is 313 Å². The van der Waals surface area contributed by atoms with E-state index >= 15 is 0 Å². The normalized spacial score (nSPS) is 20.6. The van der Waals surface area contributed by atoms with Crippen molar-refractivity contribution in [1.82, 2.24) is 5.32 Å². The molecule has 11 heteroatoms. The molecule has 0 aromatic rings. The summed E-state index contributed by atoms with van der Waals surface area (Å²) < 4.78 is 11.1. The summed E-state index contributed by atoms with van der Waals surface area (Å²) >= 11 is 0. The lowest BCUT2D eigenvalue weighted by atomic mass is 9.98. The van der Waals surface area contributed by atoms with E-state index in [0.29, 0.717) is 12.8 Å². The summed E-state index contributed by atoms with van der Waals surface area (Å²) in [5.41, 5.74) is 0. The average Bonchev–Trinajstić information content (AvgIpc) is 3.35. The highest BCUT2D eigenvalue weighted by molar-refractivity contribution is 5.80. The molecule has 0 aromatic carbocycles. The van der Waals surface area contributed by atoms with Crippen LogP contribution in [0.25, 0.3) is 0 Å². The average molecular weight is 981 g/mol. The highest BCUT2D eigenvalue weighted by Gasteiger charge is 2.44. The quantitative estimate of drug-likeness (QED) is 0.0215. The van der Waals surface area contributed by atoms with Crippen molar-refractivity contribution < 1.29 is 50.0 Å². The van der Waals surface area contributed by atoms with Gasteiger partial charge in [-0.15, -0.1) is 0 Å². The third-order valence-corrected chi connectivity index (χ3v) is 13.9. The summed E-state index contributed by atoms with van der Waals surface area (Å²) in [6.45, 7) is 3.45. The molecule has 11 nitrogen and oxygen atoms in total. The number of aliphatic hydroxyl groups excluding tert-OH is 7. The van der Waals surface area contributed by atoms with E-state index in [4.69, 9.17) is 9.47 Å². The van der Waals surface area contributed by atoms with Crippen LogP contribution in [0.3, 0.4) is 0 Å². The van der Waals surface area contributed by atoms with Crippen LogP contribution in [0.1, 0.15) is 258 Å². The number of nitrogens with one attached hydrogen (secondary N) is 1. The summed E-state index contributed by atoms with van der Waals surface area (Å²) in [5, 5.41) is 76.0. The summed E-state index contributed by atoms with van der Waals surface area (Å²) in [6.07, 6.45) is 46.3. The van der Waals surface area contributed by atoms with Gasteiger partial charge in [-0.3, -0.25) is 4.79 Å². The molecular weight excluding hydrogens is 871 g/mol. The summed E-state index contributed by atoms with van der Waals surface area (Å²) in [5.74, 6) is -0.707. The van der Waals surface area contributed by atoms with E-state index in [1.165, 1.54) is 167 Å². The lowest BCUT2D eigenvalue weighted by Gasteiger charge is -2.40. The zero-order valence-electron chi connectivity index (χ0n) is 44.3. The smallest absolute Gasteiger partial charge is 0.249 e. The molecule has 406 valence electrons. The van der Waals surface area contributed by atoms with Crippen molar-refractivity contribution in [1.29, 1.82) is 0 Å².